The highest BCUT2D eigenvalue weighted by Gasteiger charge is 2.15. The molecule has 0 aliphatic carbocycles. The number of amides is 2. The topological polar surface area (TPSA) is 58.2 Å². The molecule has 2 N–H and O–H groups in total. The molecule has 2 amide bonds. The first kappa shape index (κ1) is 14.0. The molecule has 17 heavy (non-hydrogen) atoms. The SMILES string of the molecule is CNC(=O)C(C)NC(=O)c1cc(Cl)cc(Br)c1. The average Bonchev–Trinajstić information content (AvgIpc) is 2.26. The summed E-state index contributed by atoms with van der Waals surface area (Å²) in [6.07, 6.45) is 0. The molecule has 1 rings (SSSR count). The first-order chi connectivity index (χ1) is 7.93. The Kier molecular flexibility index (Phi) is 4.96. The summed E-state index contributed by atoms with van der Waals surface area (Å²) in [4.78, 5) is 23.1. The van der Waals surface area contributed by atoms with Gasteiger partial charge in [0.05, 0.1) is 0 Å². The van der Waals surface area contributed by atoms with E-state index in [1.807, 2.05) is 0 Å². The lowest BCUT2D eigenvalue weighted by atomic mass is 10.2. The maximum atomic E-state index is 11.8. The van der Waals surface area contributed by atoms with E-state index in [-0.39, 0.29) is 11.8 Å². The number of nitrogens with one attached hydrogen (secondary N) is 2. The monoisotopic (exact) mass is 318 g/mol. The van der Waals surface area contributed by atoms with E-state index in [2.05, 4.69) is 26.6 Å². The minimum Gasteiger partial charge on any atom is -0.357 e. The molecule has 0 aliphatic rings. The molecular weight excluding hydrogens is 307 g/mol. The van der Waals surface area contributed by atoms with Crippen LogP contribution in [0.4, 0.5) is 0 Å². The van der Waals surface area contributed by atoms with Crippen molar-refractivity contribution < 1.29 is 9.59 Å². The highest BCUT2D eigenvalue weighted by molar-refractivity contribution is 9.10. The number of hydrogen-bond donors (Lipinski definition) is 2. The Morgan fingerprint density at radius 1 is 1.35 bits per heavy atom. The zero-order valence-electron chi connectivity index (χ0n) is 9.38. The van der Waals surface area contributed by atoms with Gasteiger partial charge in [-0.05, 0) is 25.1 Å². The van der Waals surface area contributed by atoms with Gasteiger partial charge in [-0.15, -0.1) is 0 Å². The predicted molar refractivity (Wildman–Crippen MR) is 70.1 cm³/mol. The van der Waals surface area contributed by atoms with Crippen molar-refractivity contribution in [2.45, 2.75) is 13.0 Å². The highest BCUT2D eigenvalue weighted by atomic mass is 79.9. The number of benzene rings is 1. The molecule has 0 bridgehead atoms. The largest absolute Gasteiger partial charge is 0.357 e. The van der Waals surface area contributed by atoms with Crippen molar-refractivity contribution in [2.24, 2.45) is 0 Å². The molecule has 0 aliphatic heterocycles. The normalized spacial score (nSPS) is 11.8. The Morgan fingerprint density at radius 2 is 2.00 bits per heavy atom. The number of halogens is 2. The second-order valence-electron chi connectivity index (χ2n) is 3.47. The van der Waals surface area contributed by atoms with Crippen LogP contribution in [0.1, 0.15) is 17.3 Å². The smallest absolute Gasteiger partial charge is 0.252 e. The second kappa shape index (κ2) is 6.02. The standard InChI is InChI=1S/C11H12BrClN2O2/c1-6(10(16)14-2)15-11(17)7-3-8(12)5-9(13)4-7/h3-6H,1-2H3,(H,14,16)(H,15,17). The molecule has 1 aromatic rings. The van der Waals surface area contributed by atoms with E-state index in [0.717, 1.165) is 0 Å². The fraction of sp³-hybridized carbons (Fsp3) is 0.273. The van der Waals surface area contributed by atoms with E-state index in [1.165, 1.54) is 13.1 Å². The molecule has 0 spiro atoms. The Labute approximate surface area is 113 Å². The number of rotatable bonds is 3. The van der Waals surface area contributed by atoms with Gasteiger partial charge in [-0.1, -0.05) is 27.5 Å². The minimum atomic E-state index is -0.592. The van der Waals surface area contributed by atoms with E-state index in [9.17, 15) is 9.59 Å². The molecule has 1 atom stereocenters. The second-order valence-corrected chi connectivity index (χ2v) is 4.82. The van der Waals surface area contributed by atoms with Crippen LogP contribution in [-0.4, -0.2) is 24.9 Å². The third-order valence-electron chi connectivity index (χ3n) is 2.11. The fourth-order valence-corrected chi connectivity index (χ4v) is 2.11. The quantitative estimate of drug-likeness (QED) is 0.895. The van der Waals surface area contributed by atoms with Gasteiger partial charge in [0.25, 0.3) is 5.91 Å². The van der Waals surface area contributed by atoms with Gasteiger partial charge in [0.15, 0.2) is 0 Å². The summed E-state index contributed by atoms with van der Waals surface area (Å²) in [5, 5.41) is 5.48. The van der Waals surface area contributed by atoms with Gasteiger partial charge < -0.3 is 10.6 Å². The molecule has 1 aromatic carbocycles. The lowest BCUT2D eigenvalue weighted by molar-refractivity contribution is -0.122. The molecule has 4 nitrogen and oxygen atoms in total. The fourth-order valence-electron chi connectivity index (χ4n) is 1.25. The average molecular weight is 320 g/mol. The van der Waals surface area contributed by atoms with Gasteiger partial charge in [-0.2, -0.15) is 0 Å². The summed E-state index contributed by atoms with van der Waals surface area (Å²) in [5.74, 6) is -0.594. The molecule has 1 unspecified atom stereocenters. The van der Waals surface area contributed by atoms with Crippen LogP contribution in [0.3, 0.4) is 0 Å². The molecule has 0 radical (unpaired) electrons. The molecule has 0 saturated heterocycles. The number of carbonyl (C=O) groups is 2. The lowest BCUT2D eigenvalue weighted by Gasteiger charge is -2.12. The van der Waals surface area contributed by atoms with Crippen LogP contribution < -0.4 is 10.6 Å². The van der Waals surface area contributed by atoms with Crippen LogP contribution in [0.5, 0.6) is 0 Å². The minimum absolute atomic E-state index is 0.251. The third kappa shape index (κ3) is 4.02. The highest BCUT2D eigenvalue weighted by Crippen LogP contribution is 2.19. The van der Waals surface area contributed by atoms with Gasteiger partial charge >= 0.3 is 0 Å². The number of carbonyl (C=O) groups excluding carboxylic acids is 2. The van der Waals surface area contributed by atoms with Crippen LogP contribution >= 0.6 is 27.5 Å². The first-order valence-corrected chi connectivity index (χ1v) is 6.09. The summed E-state index contributed by atoms with van der Waals surface area (Å²) < 4.78 is 0.711. The Hall–Kier alpha value is -1.07. The Bertz CT molecular complexity index is 431. The predicted octanol–water partition coefficient (Wildman–Crippen LogP) is 1.97. The van der Waals surface area contributed by atoms with Gasteiger partial charge in [0, 0.05) is 22.1 Å². The molecule has 92 valence electrons. The summed E-state index contributed by atoms with van der Waals surface area (Å²) in [5.41, 5.74) is 0.403. The summed E-state index contributed by atoms with van der Waals surface area (Å²) in [6, 6.07) is 4.27. The first-order valence-electron chi connectivity index (χ1n) is 4.92. The Morgan fingerprint density at radius 3 is 2.53 bits per heavy atom. The summed E-state index contributed by atoms with van der Waals surface area (Å²) in [6.45, 7) is 1.61. The van der Waals surface area contributed by atoms with E-state index < -0.39 is 6.04 Å². The van der Waals surface area contributed by atoms with Crippen molar-refractivity contribution in [1.82, 2.24) is 10.6 Å². The zero-order valence-corrected chi connectivity index (χ0v) is 11.7. The van der Waals surface area contributed by atoms with Gasteiger partial charge in [0.2, 0.25) is 5.91 Å². The lowest BCUT2D eigenvalue weighted by Crippen LogP contribution is -2.43. The molecule has 0 aromatic heterocycles. The van der Waals surface area contributed by atoms with Crippen molar-refractivity contribution in [2.75, 3.05) is 7.05 Å². The van der Waals surface area contributed by atoms with Crippen molar-refractivity contribution >= 4 is 39.3 Å². The summed E-state index contributed by atoms with van der Waals surface area (Å²) >= 11 is 9.08. The van der Waals surface area contributed by atoms with Gasteiger partial charge in [-0.25, -0.2) is 0 Å². The summed E-state index contributed by atoms with van der Waals surface area (Å²) in [7, 11) is 1.51. The van der Waals surface area contributed by atoms with Gasteiger partial charge in [-0.3, -0.25) is 9.59 Å². The van der Waals surface area contributed by atoms with E-state index in [1.54, 1.807) is 19.1 Å². The van der Waals surface area contributed by atoms with Crippen LogP contribution in [0.2, 0.25) is 5.02 Å². The van der Waals surface area contributed by atoms with Crippen LogP contribution in [0, 0.1) is 0 Å². The number of hydrogen-bond acceptors (Lipinski definition) is 2. The third-order valence-corrected chi connectivity index (χ3v) is 2.79. The van der Waals surface area contributed by atoms with E-state index in [0.29, 0.717) is 15.1 Å². The van der Waals surface area contributed by atoms with Crippen molar-refractivity contribution in [3.63, 3.8) is 0 Å². The van der Waals surface area contributed by atoms with Crippen molar-refractivity contribution in [1.29, 1.82) is 0 Å². The van der Waals surface area contributed by atoms with Crippen LogP contribution in [0.25, 0.3) is 0 Å². The molecule has 6 heteroatoms. The van der Waals surface area contributed by atoms with Gasteiger partial charge in [0.1, 0.15) is 6.04 Å². The van der Waals surface area contributed by atoms with Crippen molar-refractivity contribution in [3.8, 4) is 0 Å². The molecular formula is C11H12BrClN2O2. The van der Waals surface area contributed by atoms with Crippen LogP contribution in [-0.2, 0) is 4.79 Å². The maximum absolute atomic E-state index is 11.8. The maximum Gasteiger partial charge on any atom is 0.252 e. The zero-order chi connectivity index (χ0) is 13.0. The molecule has 0 fully saturated rings. The van der Waals surface area contributed by atoms with E-state index >= 15 is 0 Å². The van der Waals surface area contributed by atoms with E-state index in [4.69, 9.17) is 11.6 Å². The molecule has 0 saturated carbocycles. The Balaban J connectivity index is 2.79. The molecule has 0 heterocycles. The van der Waals surface area contributed by atoms with Crippen molar-refractivity contribution in [3.05, 3.63) is 33.3 Å². The number of likely N-dealkylation sites (N-methyl/N-ethyl adjacent to an activating group) is 1. The van der Waals surface area contributed by atoms with Crippen LogP contribution in [0.15, 0.2) is 22.7 Å².